The first kappa shape index (κ1) is 16.8. The molecule has 1 aromatic carbocycles. The Morgan fingerprint density at radius 2 is 1.96 bits per heavy atom. The van der Waals surface area contributed by atoms with Gasteiger partial charge in [0.2, 0.25) is 0 Å². The highest BCUT2D eigenvalue weighted by Crippen LogP contribution is 2.14. The second-order valence-corrected chi connectivity index (χ2v) is 4.60. The van der Waals surface area contributed by atoms with E-state index >= 15 is 0 Å². The van der Waals surface area contributed by atoms with Crippen LogP contribution in [0.4, 0.5) is 0 Å². The van der Waals surface area contributed by atoms with Crippen LogP contribution in [0.25, 0.3) is 5.69 Å². The van der Waals surface area contributed by atoms with Crippen molar-refractivity contribution in [3.05, 3.63) is 66.1 Å². The zero-order chi connectivity index (χ0) is 17.4. The van der Waals surface area contributed by atoms with Crippen molar-refractivity contribution in [1.82, 2.24) is 15.4 Å². The maximum absolute atomic E-state index is 12.3. The second kappa shape index (κ2) is 8.19. The Kier molecular flexibility index (Phi) is 5.75. The van der Waals surface area contributed by atoms with Gasteiger partial charge < -0.3 is 14.7 Å². The molecular weight excluding hydrogens is 308 g/mol. The molecule has 7 nitrogen and oxygen atoms in total. The van der Waals surface area contributed by atoms with Crippen LogP contribution in [0, 0.1) is 11.3 Å². The highest BCUT2D eigenvalue weighted by atomic mass is 16.5. The quantitative estimate of drug-likeness (QED) is 0.365. The number of nitriles is 1. The number of hydrogen-bond acceptors (Lipinski definition) is 5. The molecule has 1 amide bonds. The average molecular weight is 324 g/mol. The molecule has 0 aliphatic heterocycles. The minimum Gasteiger partial charge on any atom is -0.462 e. The molecule has 0 atom stereocenters. The molecule has 2 aromatic rings. The maximum Gasteiger partial charge on any atom is 0.350 e. The van der Waals surface area contributed by atoms with E-state index in [1.165, 1.54) is 0 Å². The predicted octanol–water partition coefficient (Wildman–Crippen LogP) is 1.68. The molecule has 1 heterocycles. The maximum atomic E-state index is 12.3. The minimum atomic E-state index is -0.755. The number of hydrogen-bond donors (Lipinski definition) is 2. The van der Waals surface area contributed by atoms with Gasteiger partial charge in [0, 0.05) is 18.6 Å². The fraction of sp³-hybridized carbons (Fsp3) is 0.118. The summed E-state index contributed by atoms with van der Waals surface area (Å²) in [5.74, 6) is -1.16. The number of esters is 1. The van der Waals surface area contributed by atoms with Crippen LogP contribution in [0.5, 0.6) is 0 Å². The molecule has 0 saturated heterocycles. The zero-order valence-electron chi connectivity index (χ0n) is 13.0. The SMILES string of the molecule is CCOC(=O)/C(C#N)=C/NNC(=O)c1ccccc1-n1cccc1. The molecule has 0 unspecified atom stereocenters. The number of amides is 1. The van der Waals surface area contributed by atoms with Gasteiger partial charge in [0.25, 0.3) is 5.91 Å². The van der Waals surface area contributed by atoms with E-state index in [-0.39, 0.29) is 12.2 Å². The first-order chi connectivity index (χ1) is 11.7. The van der Waals surface area contributed by atoms with Gasteiger partial charge in [-0.2, -0.15) is 5.26 Å². The van der Waals surface area contributed by atoms with Gasteiger partial charge in [0.05, 0.1) is 17.9 Å². The van der Waals surface area contributed by atoms with E-state index in [0.717, 1.165) is 6.20 Å². The standard InChI is InChI=1S/C17H16N4O3/c1-2-24-17(23)13(11-18)12-19-20-16(22)14-7-3-4-8-15(14)21-9-5-6-10-21/h3-10,12,19H,2H2,1H3,(H,20,22)/b13-12+. The third-order valence-electron chi connectivity index (χ3n) is 3.05. The number of benzene rings is 1. The summed E-state index contributed by atoms with van der Waals surface area (Å²) in [4.78, 5) is 23.8. The van der Waals surface area contributed by atoms with Crippen LogP contribution < -0.4 is 10.9 Å². The van der Waals surface area contributed by atoms with Crippen LogP contribution >= 0.6 is 0 Å². The summed E-state index contributed by atoms with van der Waals surface area (Å²) in [5.41, 5.74) is 5.78. The van der Waals surface area contributed by atoms with E-state index in [4.69, 9.17) is 10.00 Å². The Hall–Kier alpha value is -3.53. The number of hydrazine groups is 1. The van der Waals surface area contributed by atoms with Gasteiger partial charge in [-0.05, 0) is 31.2 Å². The van der Waals surface area contributed by atoms with E-state index in [1.54, 1.807) is 25.1 Å². The number of para-hydroxylation sites is 1. The monoisotopic (exact) mass is 324 g/mol. The molecule has 7 heteroatoms. The fourth-order valence-electron chi connectivity index (χ4n) is 1.97. The molecule has 0 bridgehead atoms. The lowest BCUT2D eigenvalue weighted by Gasteiger charge is -2.11. The van der Waals surface area contributed by atoms with Crippen molar-refractivity contribution in [2.45, 2.75) is 6.92 Å². The predicted molar refractivity (Wildman–Crippen MR) is 86.7 cm³/mol. The van der Waals surface area contributed by atoms with Crippen molar-refractivity contribution in [3.8, 4) is 11.8 Å². The van der Waals surface area contributed by atoms with Gasteiger partial charge >= 0.3 is 5.97 Å². The van der Waals surface area contributed by atoms with Crippen molar-refractivity contribution >= 4 is 11.9 Å². The summed E-state index contributed by atoms with van der Waals surface area (Å²) in [5, 5.41) is 8.90. The number of carbonyl (C=O) groups is 2. The van der Waals surface area contributed by atoms with Crippen molar-refractivity contribution < 1.29 is 14.3 Å². The number of aromatic nitrogens is 1. The number of nitrogens with zero attached hydrogens (tertiary/aromatic N) is 2. The summed E-state index contributed by atoms with van der Waals surface area (Å²) in [6.45, 7) is 1.80. The number of ether oxygens (including phenoxy) is 1. The summed E-state index contributed by atoms with van der Waals surface area (Å²) in [6.07, 6.45) is 4.75. The van der Waals surface area contributed by atoms with Gasteiger partial charge in [-0.15, -0.1) is 0 Å². The lowest BCUT2D eigenvalue weighted by Crippen LogP contribution is -2.34. The molecule has 122 valence electrons. The number of carbonyl (C=O) groups excluding carboxylic acids is 2. The van der Waals surface area contributed by atoms with Crippen LogP contribution in [0.1, 0.15) is 17.3 Å². The van der Waals surface area contributed by atoms with Gasteiger partial charge in [-0.25, -0.2) is 4.79 Å². The van der Waals surface area contributed by atoms with Gasteiger partial charge in [0.1, 0.15) is 6.07 Å². The van der Waals surface area contributed by atoms with E-state index in [0.29, 0.717) is 11.3 Å². The summed E-state index contributed by atoms with van der Waals surface area (Å²) in [7, 11) is 0. The Morgan fingerprint density at radius 3 is 2.62 bits per heavy atom. The molecule has 0 spiro atoms. The Bertz CT molecular complexity index is 788. The normalized spacial score (nSPS) is 10.6. The summed E-state index contributed by atoms with van der Waals surface area (Å²) >= 11 is 0. The van der Waals surface area contributed by atoms with Crippen molar-refractivity contribution in [3.63, 3.8) is 0 Å². The Labute approximate surface area is 139 Å². The van der Waals surface area contributed by atoms with Crippen molar-refractivity contribution in [2.75, 3.05) is 6.61 Å². The van der Waals surface area contributed by atoms with Crippen molar-refractivity contribution in [1.29, 1.82) is 5.26 Å². The summed E-state index contributed by atoms with van der Waals surface area (Å²) in [6, 6.07) is 12.5. The molecule has 0 radical (unpaired) electrons. The Balaban J connectivity index is 2.09. The van der Waals surface area contributed by atoms with Crippen LogP contribution in [0.2, 0.25) is 0 Å². The minimum absolute atomic E-state index is 0.161. The van der Waals surface area contributed by atoms with Gasteiger partial charge in [0.15, 0.2) is 5.57 Å². The zero-order valence-corrected chi connectivity index (χ0v) is 13.0. The molecule has 2 rings (SSSR count). The van der Waals surface area contributed by atoms with E-state index in [1.807, 2.05) is 41.2 Å². The third-order valence-corrected chi connectivity index (χ3v) is 3.05. The van der Waals surface area contributed by atoms with Crippen LogP contribution in [0.15, 0.2) is 60.6 Å². The lowest BCUT2D eigenvalue weighted by atomic mass is 10.1. The second-order valence-electron chi connectivity index (χ2n) is 4.60. The largest absolute Gasteiger partial charge is 0.462 e. The Morgan fingerprint density at radius 1 is 1.25 bits per heavy atom. The van der Waals surface area contributed by atoms with E-state index < -0.39 is 11.9 Å². The third kappa shape index (κ3) is 4.01. The topological polar surface area (TPSA) is 96.2 Å². The average Bonchev–Trinajstić information content (AvgIpc) is 3.13. The van der Waals surface area contributed by atoms with Gasteiger partial charge in [-0.1, -0.05) is 12.1 Å². The lowest BCUT2D eigenvalue weighted by molar-refractivity contribution is -0.138. The fourth-order valence-corrected chi connectivity index (χ4v) is 1.97. The molecule has 0 aliphatic carbocycles. The molecule has 2 N–H and O–H groups in total. The number of nitrogens with one attached hydrogen (secondary N) is 2. The van der Waals surface area contributed by atoms with E-state index in [9.17, 15) is 9.59 Å². The highest BCUT2D eigenvalue weighted by molar-refractivity contribution is 5.97. The molecule has 0 fully saturated rings. The molecule has 1 aromatic heterocycles. The first-order valence-corrected chi connectivity index (χ1v) is 7.23. The highest BCUT2D eigenvalue weighted by Gasteiger charge is 2.12. The number of rotatable bonds is 6. The van der Waals surface area contributed by atoms with Crippen LogP contribution in [-0.4, -0.2) is 23.1 Å². The van der Waals surface area contributed by atoms with E-state index in [2.05, 4.69) is 10.9 Å². The molecule has 0 aliphatic rings. The summed E-state index contributed by atoms with van der Waals surface area (Å²) < 4.78 is 6.53. The van der Waals surface area contributed by atoms with Gasteiger partial charge in [-0.3, -0.25) is 10.2 Å². The first-order valence-electron chi connectivity index (χ1n) is 7.23. The van der Waals surface area contributed by atoms with Crippen LogP contribution in [0.3, 0.4) is 0 Å². The molecule has 0 saturated carbocycles. The van der Waals surface area contributed by atoms with Crippen LogP contribution in [-0.2, 0) is 9.53 Å². The molecular formula is C17H16N4O3. The van der Waals surface area contributed by atoms with Crippen molar-refractivity contribution in [2.24, 2.45) is 0 Å². The smallest absolute Gasteiger partial charge is 0.350 e. The molecule has 24 heavy (non-hydrogen) atoms.